The van der Waals surface area contributed by atoms with Crippen molar-refractivity contribution in [3.05, 3.63) is 52.3 Å². The molecule has 0 saturated carbocycles. The van der Waals surface area contributed by atoms with E-state index in [-0.39, 0.29) is 11.3 Å². The Kier molecular flexibility index (Phi) is 4.67. The zero-order valence-corrected chi connectivity index (χ0v) is 14.5. The van der Waals surface area contributed by atoms with Crippen molar-refractivity contribution in [2.75, 3.05) is 19.1 Å². The summed E-state index contributed by atoms with van der Waals surface area (Å²) < 4.78 is 38.0. The van der Waals surface area contributed by atoms with Gasteiger partial charge in [0.15, 0.2) is 5.50 Å². The van der Waals surface area contributed by atoms with E-state index >= 15 is 0 Å². The molecule has 1 aromatic rings. The Morgan fingerprint density at radius 2 is 2.00 bits per heavy atom. The highest BCUT2D eigenvalue weighted by atomic mass is 32.2. The number of methoxy groups -OCH3 is 2. The molecule has 3 rings (SSSR count). The predicted molar refractivity (Wildman–Crippen MR) is 90.4 cm³/mol. The highest BCUT2D eigenvalue weighted by Crippen LogP contribution is 2.47. The van der Waals surface area contributed by atoms with Crippen LogP contribution in [0.4, 0.5) is 14.5 Å². The van der Waals surface area contributed by atoms with Crippen molar-refractivity contribution in [1.82, 2.24) is 5.01 Å². The summed E-state index contributed by atoms with van der Waals surface area (Å²) in [6, 6.07) is 3.66. The van der Waals surface area contributed by atoms with Gasteiger partial charge in [-0.25, -0.2) is 18.6 Å². The van der Waals surface area contributed by atoms with Crippen LogP contribution in [0.15, 0.2) is 45.7 Å². The number of rotatable bonds is 4. The SMILES string of the molecule is CO/C=C(/C(=O)OC)C1=C(C)N2N=CN(c3c(F)cccc3F)C2S1. The number of para-hydroxylation sites is 1. The van der Waals surface area contributed by atoms with E-state index < -0.39 is 23.1 Å². The first-order chi connectivity index (χ1) is 12.0. The van der Waals surface area contributed by atoms with Crippen LogP contribution < -0.4 is 4.90 Å². The summed E-state index contributed by atoms with van der Waals surface area (Å²) in [4.78, 5) is 14.0. The van der Waals surface area contributed by atoms with E-state index in [1.165, 1.54) is 61.7 Å². The van der Waals surface area contributed by atoms with E-state index in [1.54, 1.807) is 11.9 Å². The van der Waals surface area contributed by atoms with Crippen LogP contribution in [0.25, 0.3) is 0 Å². The van der Waals surface area contributed by atoms with Gasteiger partial charge < -0.3 is 9.47 Å². The molecular weight excluding hydrogens is 352 g/mol. The number of hydrazone groups is 1. The largest absolute Gasteiger partial charge is 0.503 e. The standard InChI is InChI=1S/C16H15F2N3O3S/c1-9-14(10(7-23-2)15(22)24-3)25-16-20(8-19-21(9)16)13-11(17)5-4-6-12(13)18/h4-8,16H,1-3H3/b10-7+. The zero-order valence-electron chi connectivity index (χ0n) is 13.7. The molecule has 25 heavy (non-hydrogen) atoms. The lowest BCUT2D eigenvalue weighted by Gasteiger charge is -2.25. The van der Waals surface area contributed by atoms with Gasteiger partial charge in [-0.3, -0.25) is 4.90 Å². The molecule has 2 aliphatic heterocycles. The smallest absolute Gasteiger partial charge is 0.342 e. The van der Waals surface area contributed by atoms with Crippen LogP contribution in [-0.4, -0.2) is 37.0 Å². The third-order valence-electron chi connectivity index (χ3n) is 3.72. The maximum atomic E-state index is 14.1. The number of ether oxygens (including phenoxy) is 2. The Balaban J connectivity index is 1.96. The predicted octanol–water partition coefficient (Wildman–Crippen LogP) is 3.00. The topological polar surface area (TPSA) is 54.4 Å². The Labute approximate surface area is 147 Å². The van der Waals surface area contributed by atoms with Crippen LogP contribution in [0, 0.1) is 11.6 Å². The molecule has 1 unspecified atom stereocenters. The molecule has 1 aromatic carbocycles. The number of thioether (sulfide) groups is 1. The van der Waals surface area contributed by atoms with E-state index in [2.05, 4.69) is 5.10 Å². The number of anilines is 1. The third-order valence-corrected chi connectivity index (χ3v) is 5.11. The molecule has 0 bridgehead atoms. The monoisotopic (exact) mass is 367 g/mol. The average Bonchev–Trinajstić information content (AvgIpc) is 3.13. The van der Waals surface area contributed by atoms with Crippen molar-refractivity contribution < 1.29 is 23.0 Å². The van der Waals surface area contributed by atoms with Crippen LogP contribution >= 0.6 is 11.8 Å². The van der Waals surface area contributed by atoms with Crippen molar-refractivity contribution >= 4 is 29.8 Å². The number of carbonyl (C=O) groups is 1. The molecule has 1 atom stereocenters. The first-order valence-electron chi connectivity index (χ1n) is 7.24. The molecule has 9 heteroatoms. The molecule has 0 aromatic heterocycles. The second-order valence-corrected chi connectivity index (χ2v) is 6.24. The second-order valence-electron chi connectivity index (χ2n) is 5.17. The summed E-state index contributed by atoms with van der Waals surface area (Å²) in [6.07, 6.45) is 2.63. The number of benzene rings is 1. The van der Waals surface area contributed by atoms with Gasteiger partial charge >= 0.3 is 5.97 Å². The maximum Gasteiger partial charge on any atom is 0.342 e. The highest BCUT2D eigenvalue weighted by Gasteiger charge is 2.42. The number of esters is 1. The zero-order chi connectivity index (χ0) is 18.1. The molecule has 0 spiro atoms. The van der Waals surface area contributed by atoms with Crippen molar-refractivity contribution in [3.8, 4) is 0 Å². The van der Waals surface area contributed by atoms with Gasteiger partial charge in [0.05, 0.1) is 26.2 Å². The van der Waals surface area contributed by atoms with Gasteiger partial charge in [0.25, 0.3) is 0 Å². The number of carbonyl (C=O) groups excluding carboxylic acids is 1. The summed E-state index contributed by atoms with van der Waals surface area (Å²) in [6.45, 7) is 1.76. The molecule has 132 valence electrons. The number of allylic oxidation sites excluding steroid dienone is 1. The van der Waals surface area contributed by atoms with Crippen molar-refractivity contribution in [2.24, 2.45) is 5.10 Å². The summed E-state index contributed by atoms with van der Waals surface area (Å²) >= 11 is 1.23. The van der Waals surface area contributed by atoms with Crippen molar-refractivity contribution in [2.45, 2.75) is 12.4 Å². The van der Waals surface area contributed by atoms with Gasteiger partial charge in [0, 0.05) is 4.91 Å². The second kappa shape index (κ2) is 6.75. The molecule has 0 radical (unpaired) electrons. The number of hydrogen-bond donors (Lipinski definition) is 0. The normalized spacial score (nSPS) is 19.6. The van der Waals surface area contributed by atoms with Crippen LogP contribution in [0.3, 0.4) is 0 Å². The molecular formula is C16H15F2N3O3S. The molecule has 2 heterocycles. The highest BCUT2D eigenvalue weighted by molar-refractivity contribution is 8.04. The molecule has 0 aliphatic carbocycles. The molecule has 6 nitrogen and oxygen atoms in total. The first-order valence-corrected chi connectivity index (χ1v) is 8.12. The van der Waals surface area contributed by atoms with Crippen LogP contribution in [0.2, 0.25) is 0 Å². The van der Waals surface area contributed by atoms with E-state index in [1.807, 2.05) is 0 Å². The van der Waals surface area contributed by atoms with E-state index in [4.69, 9.17) is 9.47 Å². The number of fused-ring (bicyclic) bond motifs is 1. The maximum absolute atomic E-state index is 14.1. The van der Waals surface area contributed by atoms with E-state index in [0.717, 1.165) is 0 Å². The van der Waals surface area contributed by atoms with Gasteiger partial charge in [0.1, 0.15) is 29.2 Å². The van der Waals surface area contributed by atoms with Crippen LogP contribution in [0.1, 0.15) is 6.92 Å². The number of nitrogens with zero attached hydrogens (tertiary/aromatic N) is 3. The summed E-state index contributed by atoms with van der Waals surface area (Å²) in [5, 5.41) is 5.78. The summed E-state index contributed by atoms with van der Waals surface area (Å²) in [5.74, 6) is -1.96. The van der Waals surface area contributed by atoms with E-state index in [9.17, 15) is 13.6 Å². The fourth-order valence-corrected chi connectivity index (χ4v) is 3.90. The Hall–Kier alpha value is -2.55. The minimum Gasteiger partial charge on any atom is -0.503 e. The van der Waals surface area contributed by atoms with Gasteiger partial charge in [0.2, 0.25) is 0 Å². The Morgan fingerprint density at radius 1 is 1.32 bits per heavy atom. The van der Waals surface area contributed by atoms with Crippen LogP contribution in [0.5, 0.6) is 0 Å². The average molecular weight is 367 g/mol. The lowest BCUT2D eigenvalue weighted by molar-refractivity contribution is -0.135. The quantitative estimate of drug-likeness (QED) is 0.463. The van der Waals surface area contributed by atoms with Gasteiger partial charge in [-0.2, -0.15) is 5.10 Å². The summed E-state index contributed by atoms with van der Waals surface area (Å²) in [5.41, 5.74) is 0.118. The van der Waals surface area contributed by atoms with Crippen molar-refractivity contribution in [3.63, 3.8) is 0 Å². The third kappa shape index (κ3) is 2.84. The Morgan fingerprint density at radius 3 is 2.60 bits per heavy atom. The molecule has 0 fully saturated rings. The summed E-state index contributed by atoms with van der Waals surface area (Å²) in [7, 11) is 2.68. The molecule has 0 amide bonds. The molecule has 0 N–H and O–H groups in total. The molecule has 0 saturated heterocycles. The van der Waals surface area contributed by atoms with Gasteiger partial charge in [-0.15, -0.1) is 0 Å². The number of halogens is 2. The minimum absolute atomic E-state index is 0.198. The molecule has 2 aliphatic rings. The lowest BCUT2D eigenvalue weighted by atomic mass is 10.2. The lowest BCUT2D eigenvalue weighted by Crippen LogP contribution is -2.34. The fourth-order valence-electron chi connectivity index (χ4n) is 2.58. The van der Waals surface area contributed by atoms with Gasteiger partial charge in [-0.05, 0) is 19.1 Å². The first kappa shape index (κ1) is 17.3. The van der Waals surface area contributed by atoms with Crippen molar-refractivity contribution in [1.29, 1.82) is 0 Å². The minimum atomic E-state index is -0.694. The van der Waals surface area contributed by atoms with E-state index in [0.29, 0.717) is 10.6 Å². The Bertz CT molecular complexity index is 790. The number of hydrogen-bond acceptors (Lipinski definition) is 7. The van der Waals surface area contributed by atoms with Crippen LogP contribution in [-0.2, 0) is 14.3 Å². The van der Waals surface area contributed by atoms with Gasteiger partial charge in [-0.1, -0.05) is 17.8 Å². The fraction of sp³-hybridized carbons (Fsp3) is 0.250.